The Morgan fingerprint density at radius 1 is 1.45 bits per heavy atom. The lowest BCUT2D eigenvalue weighted by molar-refractivity contribution is -0.126. The molecular weight excluding hydrogens is 250 g/mol. The summed E-state index contributed by atoms with van der Waals surface area (Å²) in [5, 5.41) is 0. The van der Waals surface area contributed by atoms with Crippen LogP contribution in [0.3, 0.4) is 0 Å². The van der Waals surface area contributed by atoms with Crippen molar-refractivity contribution in [2.24, 2.45) is 11.7 Å². The molecule has 0 spiro atoms. The normalized spacial score (nSPS) is 39.6. The predicted octanol–water partition coefficient (Wildman–Crippen LogP) is 1.55. The molecule has 0 bridgehead atoms. The van der Waals surface area contributed by atoms with E-state index in [0.29, 0.717) is 0 Å². The van der Waals surface area contributed by atoms with Gasteiger partial charge < -0.3 is 15.4 Å². The molecule has 0 aromatic carbocycles. The highest BCUT2D eigenvalue weighted by atomic mass is 16.5. The van der Waals surface area contributed by atoms with E-state index in [9.17, 15) is 0 Å². The molecule has 4 heteroatoms. The molecule has 2 heterocycles. The van der Waals surface area contributed by atoms with Gasteiger partial charge in [-0.25, -0.2) is 0 Å². The Labute approximate surface area is 124 Å². The molecule has 2 saturated heterocycles. The SMILES string of the molecule is CCC1(C)CC(CN)(N(C)CC2CCN(C)C2)CCO1. The first-order valence-corrected chi connectivity index (χ1v) is 8.17. The second kappa shape index (κ2) is 6.30. The second-order valence-corrected chi connectivity index (χ2v) is 7.30. The number of nitrogens with zero attached hydrogens (tertiary/aromatic N) is 2. The molecule has 0 radical (unpaired) electrons. The Morgan fingerprint density at radius 3 is 2.75 bits per heavy atom. The van der Waals surface area contributed by atoms with Crippen LogP contribution in [-0.2, 0) is 4.74 Å². The third-order valence-corrected chi connectivity index (χ3v) is 5.68. The first-order chi connectivity index (χ1) is 9.43. The Hall–Kier alpha value is -0.160. The van der Waals surface area contributed by atoms with Gasteiger partial charge in [-0.3, -0.25) is 4.90 Å². The van der Waals surface area contributed by atoms with Crippen LogP contribution in [0.25, 0.3) is 0 Å². The third-order valence-electron chi connectivity index (χ3n) is 5.68. The van der Waals surface area contributed by atoms with Gasteiger partial charge in [0.2, 0.25) is 0 Å². The number of nitrogens with two attached hydrogens (primary N) is 1. The quantitative estimate of drug-likeness (QED) is 0.831. The molecule has 0 aliphatic carbocycles. The van der Waals surface area contributed by atoms with Crippen molar-refractivity contribution >= 4 is 0 Å². The van der Waals surface area contributed by atoms with Gasteiger partial charge in [0.25, 0.3) is 0 Å². The monoisotopic (exact) mass is 283 g/mol. The first-order valence-electron chi connectivity index (χ1n) is 8.17. The van der Waals surface area contributed by atoms with E-state index < -0.39 is 0 Å². The molecule has 0 aromatic rings. The third kappa shape index (κ3) is 3.35. The van der Waals surface area contributed by atoms with E-state index in [1.165, 1.54) is 26.1 Å². The van der Waals surface area contributed by atoms with E-state index in [0.717, 1.165) is 38.3 Å². The highest BCUT2D eigenvalue weighted by Crippen LogP contribution is 2.38. The fourth-order valence-corrected chi connectivity index (χ4v) is 3.96. The molecule has 4 nitrogen and oxygen atoms in total. The van der Waals surface area contributed by atoms with Crippen LogP contribution in [0.5, 0.6) is 0 Å². The van der Waals surface area contributed by atoms with Gasteiger partial charge >= 0.3 is 0 Å². The maximum atomic E-state index is 6.21. The first kappa shape index (κ1) is 16.2. The number of likely N-dealkylation sites (tertiary alicyclic amines) is 1. The summed E-state index contributed by atoms with van der Waals surface area (Å²) in [4.78, 5) is 4.99. The molecule has 118 valence electrons. The molecule has 2 aliphatic rings. The van der Waals surface area contributed by atoms with Crippen molar-refractivity contribution in [3.05, 3.63) is 0 Å². The van der Waals surface area contributed by atoms with Crippen molar-refractivity contribution in [2.45, 2.75) is 50.7 Å². The largest absolute Gasteiger partial charge is 0.375 e. The van der Waals surface area contributed by atoms with Crippen LogP contribution in [0.15, 0.2) is 0 Å². The van der Waals surface area contributed by atoms with E-state index in [1.54, 1.807) is 0 Å². The van der Waals surface area contributed by atoms with Crippen LogP contribution in [-0.4, -0.2) is 67.8 Å². The van der Waals surface area contributed by atoms with Crippen LogP contribution in [0.1, 0.15) is 39.5 Å². The van der Waals surface area contributed by atoms with Crippen LogP contribution in [0.4, 0.5) is 0 Å². The zero-order chi connectivity index (χ0) is 14.8. The molecule has 3 atom stereocenters. The minimum Gasteiger partial charge on any atom is -0.375 e. The molecule has 20 heavy (non-hydrogen) atoms. The van der Waals surface area contributed by atoms with Crippen molar-refractivity contribution in [2.75, 3.05) is 46.9 Å². The molecule has 2 aliphatic heterocycles. The fraction of sp³-hybridized carbons (Fsp3) is 1.00. The van der Waals surface area contributed by atoms with E-state index in [-0.39, 0.29) is 11.1 Å². The minimum atomic E-state index is -0.00164. The zero-order valence-electron chi connectivity index (χ0n) is 13.8. The summed E-state index contributed by atoms with van der Waals surface area (Å²) in [7, 11) is 4.49. The van der Waals surface area contributed by atoms with Crippen molar-refractivity contribution in [3.8, 4) is 0 Å². The number of rotatable bonds is 5. The summed E-state index contributed by atoms with van der Waals surface area (Å²) in [6.45, 7) is 9.69. The molecule has 0 aromatic heterocycles. The van der Waals surface area contributed by atoms with E-state index in [1.807, 2.05) is 0 Å². The van der Waals surface area contributed by atoms with Crippen molar-refractivity contribution in [3.63, 3.8) is 0 Å². The second-order valence-electron chi connectivity index (χ2n) is 7.30. The Morgan fingerprint density at radius 2 is 2.20 bits per heavy atom. The fourth-order valence-electron chi connectivity index (χ4n) is 3.96. The number of hydrogen-bond donors (Lipinski definition) is 1. The summed E-state index contributed by atoms with van der Waals surface area (Å²) in [5.74, 6) is 0.796. The average Bonchev–Trinajstić information content (AvgIpc) is 2.84. The van der Waals surface area contributed by atoms with Crippen LogP contribution < -0.4 is 5.73 Å². The lowest BCUT2D eigenvalue weighted by Gasteiger charge is -2.51. The Kier molecular flexibility index (Phi) is 5.11. The van der Waals surface area contributed by atoms with Gasteiger partial charge in [-0.1, -0.05) is 6.92 Å². The van der Waals surface area contributed by atoms with Crippen molar-refractivity contribution in [1.29, 1.82) is 0 Å². The van der Waals surface area contributed by atoms with Gasteiger partial charge in [0.05, 0.1) is 5.60 Å². The van der Waals surface area contributed by atoms with Crippen molar-refractivity contribution < 1.29 is 4.74 Å². The molecule has 3 unspecified atom stereocenters. The van der Waals surface area contributed by atoms with Gasteiger partial charge in [0.1, 0.15) is 0 Å². The van der Waals surface area contributed by atoms with E-state index >= 15 is 0 Å². The van der Waals surface area contributed by atoms with Crippen LogP contribution in [0, 0.1) is 5.92 Å². The van der Waals surface area contributed by atoms with Crippen LogP contribution in [0.2, 0.25) is 0 Å². The highest BCUT2D eigenvalue weighted by Gasteiger charge is 2.44. The molecule has 0 saturated carbocycles. The predicted molar refractivity (Wildman–Crippen MR) is 83.9 cm³/mol. The lowest BCUT2D eigenvalue weighted by Crippen LogP contribution is -2.60. The van der Waals surface area contributed by atoms with Gasteiger partial charge in [0.15, 0.2) is 0 Å². The summed E-state index contributed by atoms with van der Waals surface area (Å²) >= 11 is 0. The zero-order valence-corrected chi connectivity index (χ0v) is 13.8. The summed E-state index contributed by atoms with van der Waals surface area (Å²) in [6, 6.07) is 0. The van der Waals surface area contributed by atoms with E-state index in [4.69, 9.17) is 10.5 Å². The van der Waals surface area contributed by atoms with E-state index in [2.05, 4.69) is 37.7 Å². The van der Waals surface area contributed by atoms with Gasteiger partial charge in [-0.15, -0.1) is 0 Å². The number of hydrogen-bond acceptors (Lipinski definition) is 4. The van der Waals surface area contributed by atoms with Crippen molar-refractivity contribution in [1.82, 2.24) is 9.80 Å². The maximum absolute atomic E-state index is 6.21. The highest BCUT2D eigenvalue weighted by molar-refractivity contribution is 5.00. The Balaban J connectivity index is 2.02. The number of ether oxygens (including phenoxy) is 1. The minimum absolute atomic E-state index is 0.00164. The topological polar surface area (TPSA) is 41.7 Å². The number of likely N-dealkylation sites (N-methyl/N-ethyl adjacent to an activating group) is 1. The standard InChI is InChI=1S/C16H33N3O/c1-5-15(2)12-16(13-17,7-9-20-15)19(4)11-14-6-8-18(3)10-14/h14H,5-13,17H2,1-4H3. The molecule has 2 fully saturated rings. The van der Waals surface area contributed by atoms with Gasteiger partial charge in [-0.2, -0.15) is 0 Å². The van der Waals surface area contributed by atoms with Gasteiger partial charge in [0, 0.05) is 31.8 Å². The molecule has 2 rings (SSSR count). The molecule has 0 amide bonds. The van der Waals surface area contributed by atoms with Gasteiger partial charge in [-0.05, 0) is 59.2 Å². The molecular formula is C16H33N3O. The summed E-state index contributed by atoms with van der Waals surface area (Å²) in [6.07, 6.45) is 4.52. The van der Waals surface area contributed by atoms with Crippen LogP contribution >= 0.6 is 0 Å². The molecule has 2 N–H and O–H groups in total. The maximum Gasteiger partial charge on any atom is 0.0670 e. The smallest absolute Gasteiger partial charge is 0.0670 e. The summed E-state index contributed by atoms with van der Waals surface area (Å²) in [5.41, 5.74) is 6.34. The summed E-state index contributed by atoms with van der Waals surface area (Å²) < 4.78 is 6.02. The lowest BCUT2D eigenvalue weighted by atomic mass is 9.78. The average molecular weight is 283 g/mol. The Bertz CT molecular complexity index is 325.